The Morgan fingerprint density at radius 2 is 1.70 bits per heavy atom. The van der Waals surface area contributed by atoms with Crippen LogP contribution in [-0.4, -0.2) is 31.5 Å². The van der Waals surface area contributed by atoms with Crippen LogP contribution in [0, 0.1) is 6.92 Å². The predicted molar refractivity (Wildman–Crippen MR) is 116 cm³/mol. The van der Waals surface area contributed by atoms with Crippen molar-refractivity contribution >= 4 is 28.3 Å². The minimum absolute atomic E-state index is 0.240. The molecule has 3 heterocycles. The summed E-state index contributed by atoms with van der Waals surface area (Å²) in [5.41, 5.74) is 4.46. The SMILES string of the molecule is COc1ccc(-c2c(C)nn3c2nnc2c(=O)n(-c4ccc(Cl)cc4)ccc23)cc1. The van der Waals surface area contributed by atoms with Gasteiger partial charge in [0.15, 0.2) is 11.2 Å². The minimum Gasteiger partial charge on any atom is -0.497 e. The highest BCUT2D eigenvalue weighted by atomic mass is 35.5. The molecule has 0 aliphatic heterocycles. The van der Waals surface area contributed by atoms with E-state index in [1.54, 1.807) is 42.1 Å². The number of aryl methyl sites for hydroxylation is 1. The van der Waals surface area contributed by atoms with E-state index in [9.17, 15) is 4.79 Å². The maximum absolute atomic E-state index is 13.1. The number of halogens is 1. The van der Waals surface area contributed by atoms with Gasteiger partial charge in [0.25, 0.3) is 5.56 Å². The van der Waals surface area contributed by atoms with Crippen LogP contribution in [0.15, 0.2) is 65.6 Å². The highest BCUT2D eigenvalue weighted by Crippen LogP contribution is 2.29. The van der Waals surface area contributed by atoms with Gasteiger partial charge in [-0.05, 0) is 55.0 Å². The van der Waals surface area contributed by atoms with Gasteiger partial charge in [0.05, 0.1) is 18.4 Å². The maximum Gasteiger partial charge on any atom is 0.285 e. The van der Waals surface area contributed by atoms with Crippen LogP contribution in [0.3, 0.4) is 0 Å². The molecule has 5 aromatic rings. The first-order valence-electron chi connectivity index (χ1n) is 9.24. The van der Waals surface area contributed by atoms with Gasteiger partial charge >= 0.3 is 0 Å². The molecule has 0 amide bonds. The molecule has 0 unspecified atom stereocenters. The van der Waals surface area contributed by atoms with Crippen LogP contribution >= 0.6 is 11.6 Å². The summed E-state index contributed by atoms with van der Waals surface area (Å²) in [6.07, 6.45) is 1.71. The molecular weight excluding hydrogens is 402 g/mol. The van der Waals surface area contributed by atoms with Crippen LogP contribution in [0.2, 0.25) is 5.02 Å². The third-order valence-corrected chi connectivity index (χ3v) is 5.29. The van der Waals surface area contributed by atoms with Crippen LogP contribution in [0.4, 0.5) is 0 Å². The summed E-state index contributed by atoms with van der Waals surface area (Å²) < 4.78 is 8.42. The van der Waals surface area contributed by atoms with Crippen LogP contribution in [0.1, 0.15) is 5.69 Å². The summed E-state index contributed by atoms with van der Waals surface area (Å²) in [5.74, 6) is 0.771. The lowest BCUT2D eigenvalue weighted by atomic mass is 10.1. The van der Waals surface area contributed by atoms with Crippen molar-refractivity contribution in [2.75, 3.05) is 7.11 Å². The number of pyridine rings is 1. The molecule has 0 saturated heterocycles. The van der Waals surface area contributed by atoms with Gasteiger partial charge in [-0.2, -0.15) is 5.10 Å². The number of nitrogens with zero attached hydrogens (tertiary/aromatic N) is 5. The number of fused-ring (bicyclic) bond motifs is 3. The van der Waals surface area contributed by atoms with E-state index in [0.29, 0.717) is 21.9 Å². The molecular formula is C22H16ClN5O2. The van der Waals surface area contributed by atoms with Gasteiger partial charge in [-0.1, -0.05) is 23.7 Å². The number of rotatable bonds is 3. The zero-order chi connectivity index (χ0) is 20.8. The molecule has 0 aliphatic carbocycles. The molecule has 0 bridgehead atoms. The van der Waals surface area contributed by atoms with Gasteiger partial charge < -0.3 is 4.74 Å². The fourth-order valence-electron chi connectivity index (χ4n) is 3.55. The second kappa shape index (κ2) is 6.96. The summed E-state index contributed by atoms with van der Waals surface area (Å²) in [4.78, 5) is 13.1. The van der Waals surface area contributed by atoms with Crippen LogP contribution < -0.4 is 10.3 Å². The number of benzene rings is 2. The summed E-state index contributed by atoms with van der Waals surface area (Å²) in [7, 11) is 1.63. The molecule has 0 fully saturated rings. The molecule has 0 atom stereocenters. The zero-order valence-electron chi connectivity index (χ0n) is 16.2. The van der Waals surface area contributed by atoms with Gasteiger partial charge in [-0.25, -0.2) is 4.52 Å². The van der Waals surface area contributed by atoms with Gasteiger partial charge in [0.2, 0.25) is 0 Å². The quantitative estimate of drug-likeness (QED) is 0.442. The Kier molecular flexibility index (Phi) is 4.25. The van der Waals surface area contributed by atoms with Gasteiger partial charge in [-0.3, -0.25) is 9.36 Å². The van der Waals surface area contributed by atoms with E-state index in [-0.39, 0.29) is 11.1 Å². The predicted octanol–water partition coefficient (Wildman–Crippen LogP) is 4.07. The average Bonchev–Trinajstić information content (AvgIpc) is 3.11. The molecule has 3 aromatic heterocycles. The Morgan fingerprint density at radius 3 is 2.40 bits per heavy atom. The van der Waals surface area contributed by atoms with Gasteiger partial charge in [-0.15, -0.1) is 10.2 Å². The Bertz CT molecular complexity index is 1450. The largest absolute Gasteiger partial charge is 0.497 e. The van der Waals surface area contributed by atoms with E-state index in [0.717, 1.165) is 22.6 Å². The Morgan fingerprint density at radius 1 is 0.967 bits per heavy atom. The second-order valence-corrected chi connectivity index (χ2v) is 7.26. The van der Waals surface area contributed by atoms with E-state index in [4.69, 9.17) is 16.3 Å². The lowest BCUT2D eigenvalue weighted by Crippen LogP contribution is -2.20. The van der Waals surface area contributed by atoms with Crippen LogP contribution in [-0.2, 0) is 0 Å². The standard InChI is InChI=1S/C22H16ClN5O2/c1-13-19(14-3-9-17(30-2)10-4-14)21-25-24-20-18(28(21)26-13)11-12-27(22(20)29)16-7-5-15(23)6-8-16/h3-12H,1-2H3. The van der Waals surface area contributed by atoms with Crippen molar-refractivity contribution in [2.45, 2.75) is 6.92 Å². The monoisotopic (exact) mass is 417 g/mol. The third-order valence-electron chi connectivity index (χ3n) is 5.04. The fourth-order valence-corrected chi connectivity index (χ4v) is 3.68. The van der Waals surface area contributed by atoms with Crippen molar-refractivity contribution in [3.05, 3.63) is 81.9 Å². The third kappa shape index (κ3) is 2.83. The maximum atomic E-state index is 13.1. The highest BCUT2D eigenvalue weighted by Gasteiger charge is 2.17. The molecule has 0 aliphatic rings. The van der Waals surface area contributed by atoms with Crippen molar-refractivity contribution in [3.8, 4) is 22.6 Å². The summed E-state index contributed by atoms with van der Waals surface area (Å²) in [6.45, 7) is 1.91. The smallest absolute Gasteiger partial charge is 0.285 e. The molecule has 0 N–H and O–H groups in total. The lowest BCUT2D eigenvalue weighted by Gasteiger charge is -2.07. The second-order valence-electron chi connectivity index (χ2n) is 6.83. The average molecular weight is 418 g/mol. The van der Waals surface area contributed by atoms with Crippen molar-refractivity contribution in [1.82, 2.24) is 24.4 Å². The van der Waals surface area contributed by atoms with E-state index in [2.05, 4.69) is 15.3 Å². The van der Waals surface area contributed by atoms with Gasteiger partial charge in [0, 0.05) is 16.9 Å². The Balaban J connectivity index is 1.72. The van der Waals surface area contributed by atoms with Crippen LogP contribution in [0.25, 0.3) is 33.5 Å². The molecule has 5 rings (SSSR count). The summed E-state index contributed by atoms with van der Waals surface area (Å²) >= 11 is 5.96. The molecule has 0 spiro atoms. The molecule has 7 nitrogen and oxygen atoms in total. The number of hydrogen-bond acceptors (Lipinski definition) is 5. The van der Waals surface area contributed by atoms with Crippen molar-refractivity contribution in [3.63, 3.8) is 0 Å². The molecule has 8 heteroatoms. The summed E-state index contributed by atoms with van der Waals surface area (Å²) in [5, 5.41) is 13.8. The van der Waals surface area contributed by atoms with Crippen molar-refractivity contribution < 1.29 is 4.74 Å². The van der Waals surface area contributed by atoms with Crippen LogP contribution in [0.5, 0.6) is 5.75 Å². The topological polar surface area (TPSA) is 74.3 Å². The van der Waals surface area contributed by atoms with E-state index < -0.39 is 0 Å². The van der Waals surface area contributed by atoms with Crippen molar-refractivity contribution in [1.29, 1.82) is 0 Å². The van der Waals surface area contributed by atoms with E-state index in [1.807, 2.05) is 37.3 Å². The minimum atomic E-state index is -0.275. The fraction of sp³-hybridized carbons (Fsp3) is 0.0909. The Hall–Kier alpha value is -3.71. The molecule has 148 valence electrons. The molecule has 2 aromatic carbocycles. The number of ether oxygens (including phenoxy) is 1. The lowest BCUT2D eigenvalue weighted by molar-refractivity contribution is 0.415. The zero-order valence-corrected chi connectivity index (χ0v) is 17.0. The number of methoxy groups -OCH3 is 1. The van der Waals surface area contributed by atoms with E-state index in [1.165, 1.54) is 4.57 Å². The summed E-state index contributed by atoms with van der Waals surface area (Å²) in [6, 6.07) is 16.5. The first-order valence-corrected chi connectivity index (χ1v) is 9.62. The highest BCUT2D eigenvalue weighted by molar-refractivity contribution is 6.30. The van der Waals surface area contributed by atoms with Crippen molar-refractivity contribution in [2.24, 2.45) is 0 Å². The number of aromatic nitrogens is 5. The van der Waals surface area contributed by atoms with E-state index >= 15 is 0 Å². The first kappa shape index (κ1) is 18.3. The Labute approximate surface area is 176 Å². The first-order chi connectivity index (χ1) is 14.6. The molecule has 0 radical (unpaired) electrons. The number of hydrogen-bond donors (Lipinski definition) is 0. The normalized spacial score (nSPS) is 11.3. The molecule has 30 heavy (non-hydrogen) atoms. The molecule has 0 saturated carbocycles. The van der Waals surface area contributed by atoms with Gasteiger partial charge in [0.1, 0.15) is 11.3 Å².